The van der Waals surface area contributed by atoms with Crippen LogP contribution in [-0.2, 0) is 4.79 Å². The number of carbonyl (C=O) groups is 1. The van der Waals surface area contributed by atoms with Crippen molar-refractivity contribution < 1.29 is 9.90 Å². The highest BCUT2D eigenvalue weighted by atomic mass is 16.4. The summed E-state index contributed by atoms with van der Waals surface area (Å²) >= 11 is 0. The van der Waals surface area contributed by atoms with E-state index in [1.54, 1.807) is 7.05 Å². The van der Waals surface area contributed by atoms with Crippen molar-refractivity contribution >= 4 is 5.97 Å². The molecule has 12 heavy (non-hydrogen) atoms. The van der Waals surface area contributed by atoms with Gasteiger partial charge < -0.3 is 10.4 Å². The third-order valence-electron chi connectivity index (χ3n) is 2.69. The molecule has 0 aromatic heterocycles. The van der Waals surface area contributed by atoms with E-state index in [1.807, 2.05) is 0 Å². The quantitative estimate of drug-likeness (QED) is 0.669. The number of aliphatic carboxylic acids is 1. The Morgan fingerprint density at radius 1 is 1.58 bits per heavy atom. The Bertz CT molecular complexity index is 153. The van der Waals surface area contributed by atoms with Crippen LogP contribution in [0.4, 0.5) is 0 Å². The normalized spacial score (nSPS) is 21.1. The van der Waals surface area contributed by atoms with Crippen LogP contribution in [0, 0.1) is 5.92 Å². The van der Waals surface area contributed by atoms with Gasteiger partial charge in [0.05, 0.1) is 0 Å². The van der Waals surface area contributed by atoms with Crippen LogP contribution in [0.25, 0.3) is 0 Å². The largest absolute Gasteiger partial charge is 0.480 e. The minimum absolute atomic E-state index is 0.340. The van der Waals surface area contributed by atoms with E-state index < -0.39 is 5.97 Å². The minimum Gasteiger partial charge on any atom is -0.480 e. The van der Waals surface area contributed by atoms with Gasteiger partial charge in [-0.15, -0.1) is 0 Å². The van der Waals surface area contributed by atoms with E-state index in [-0.39, 0.29) is 6.04 Å². The third kappa shape index (κ3) is 2.48. The van der Waals surface area contributed by atoms with Crippen molar-refractivity contribution in [1.29, 1.82) is 0 Å². The zero-order valence-electron chi connectivity index (χ0n) is 7.55. The van der Waals surface area contributed by atoms with E-state index in [1.165, 1.54) is 25.7 Å². The highest BCUT2D eigenvalue weighted by molar-refractivity contribution is 5.73. The summed E-state index contributed by atoms with van der Waals surface area (Å²) in [5.74, 6) is -0.0806. The molecule has 0 unspecified atom stereocenters. The number of rotatable bonds is 4. The molecule has 1 rings (SSSR count). The molecular formula is C9H17NO2. The van der Waals surface area contributed by atoms with Gasteiger partial charge in [-0.3, -0.25) is 4.79 Å². The molecule has 2 N–H and O–H groups in total. The fourth-order valence-electron chi connectivity index (χ4n) is 1.92. The highest BCUT2D eigenvalue weighted by Gasteiger charge is 2.23. The second-order valence-electron chi connectivity index (χ2n) is 3.57. The first kappa shape index (κ1) is 9.52. The minimum atomic E-state index is -0.718. The molecule has 0 aromatic carbocycles. The van der Waals surface area contributed by atoms with E-state index in [4.69, 9.17) is 5.11 Å². The molecule has 1 fully saturated rings. The van der Waals surface area contributed by atoms with Crippen molar-refractivity contribution in [1.82, 2.24) is 5.32 Å². The molecule has 0 heterocycles. The standard InChI is InChI=1S/C9H17NO2/c1-10-8(9(11)12)6-7-4-2-3-5-7/h7-8,10H,2-6H2,1H3,(H,11,12)/t8-/m0/s1. The van der Waals surface area contributed by atoms with Gasteiger partial charge in [0, 0.05) is 0 Å². The summed E-state index contributed by atoms with van der Waals surface area (Å²) in [5, 5.41) is 11.6. The molecule has 1 saturated carbocycles. The predicted octanol–water partition coefficient (Wildman–Crippen LogP) is 1.24. The maximum Gasteiger partial charge on any atom is 0.320 e. The summed E-state index contributed by atoms with van der Waals surface area (Å²) in [6, 6.07) is -0.340. The number of likely N-dealkylation sites (N-methyl/N-ethyl adjacent to an activating group) is 1. The smallest absolute Gasteiger partial charge is 0.320 e. The predicted molar refractivity (Wildman–Crippen MR) is 47.1 cm³/mol. The average molecular weight is 171 g/mol. The van der Waals surface area contributed by atoms with Crippen LogP contribution in [0.15, 0.2) is 0 Å². The molecule has 3 heteroatoms. The van der Waals surface area contributed by atoms with Crippen molar-refractivity contribution in [3.05, 3.63) is 0 Å². The van der Waals surface area contributed by atoms with E-state index in [2.05, 4.69) is 5.32 Å². The SMILES string of the molecule is CN[C@@H](CC1CCCC1)C(=O)O. The monoisotopic (exact) mass is 171 g/mol. The maximum absolute atomic E-state index is 10.7. The van der Waals surface area contributed by atoms with Gasteiger partial charge >= 0.3 is 5.97 Å². The Labute approximate surface area is 73.2 Å². The number of hydrogen-bond donors (Lipinski definition) is 2. The Morgan fingerprint density at radius 2 is 2.17 bits per heavy atom. The third-order valence-corrected chi connectivity index (χ3v) is 2.69. The van der Waals surface area contributed by atoms with Crippen molar-refractivity contribution in [2.45, 2.75) is 38.1 Å². The highest BCUT2D eigenvalue weighted by Crippen LogP contribution is 2.28. The van der Waals surface area contributed by atoms with Crippen LogP contribution in [0.3, 0.4) is 0 Å². The van der Waals surface area contributed by atoms with Crippen LogP contribution in [-0.4, -0.2) is 24.2 Å². The van der Waals surface area contributed by atoms with Crippen molar-refractivity contribution in [2.75, 3.05) is 7.05 Å². The number of carboxylic acid groups (broad SMARTS) is 1. The Balaban J connectivity index is 2.30. The first-order valence-corrected chi connectivity index (χ1v) is 4.64. The van der Waals surface area contributed by atoms with Gasteiger partial charge in [-0.25, -0.2) is 0 Å². The zero-order chi connectivity index (χ0) is 8.97. The number of hydrogen-bond acceptors (Lipinski definition) is 2. The average Bonchev–Trinajstić information content (AvgIpc) is 2.51. The van der Waals surface area contributed by atoms with Crippen LogP contribution in [0.5, 0.6) is 0 Å². The van der Waals surface area contributed by atoms with E-state index in [9.17, 15) is 4.79 Å². The number of carboxylic acids is 1. The lowest BCUT2D eigenvalue weighted by atomic mass is 9.99. The fraction of sp³-hybridized carbons (Fsp3) is 0.889. The second kappa shape index (κ2) is 4.45. The second-order valence-corrected chi connectivity index (χ2v) is 3.57. The van der Waals surface area contributed by atoms with Gasteiger partial charge in [0.1, 0.15) is 6.04 Å². The Morgan fingerprint density at radius 3 is 2.58 bits per heavy atom. The van der Waals surface area contributed by atoms with Crippen molar-refractivity contribution in [3.8, 4) is 0 Å². The summed E-state index contributed by atoms with van der Waals surface area (Å²) in [4.78, 5) is 10.7. The van der Waals surface area contributed by atoms with E-state index in [0.717, 1.165) is 6.42 Å². The van der Waals surface area contributed by atoms with Gasteiger partial charge in [0.15, 0.2) is 0 Å². The maximum atomic E-state index is 10.7. The van der Waals surface area contributed by atoms with Gasteiger partial charge in [-0.1, -0.05) is 25.7 Å². The van der Waals surface area contributed by atoms with Crippen molar-refractivity contribution in [2.24, 2.45) is 5.92 Å². The summed E-state index contributed by atoms with van der Waals surface area (Å²) in [5.41, 5.74) is 0. The Hall–Kier alpha value is -0.570. The molecule has 0 saturated heterocycles. The summed E-state index contributed by atoms with van der Waals surface area (Å²) in [6.45, 7) is 0. The summed E-state index contributed by atoms with van der Waals surface area (Å²) in [7, 11) is 1.72. The molecule has 0 aromatic rings. The van der Waals surface area contributed by atoms with Crippen molar-refractivity contribution in [3.63, 3.8) is 0 Å². The molecule has 0 amide bonds. The van der Waals surface area contributed by atoms with Gasteiger partial charge in [-0.05, 0) is 19.4 Å². The molecule has 0 spiro atoms. The molecule has 70 valence electrons. The summed E-state index contributed by atoms with van der Waals surface area (Å²) < 4.78 is 0. The van der Waals surface area contributed by atoms with Gasteiger partial charge in [-0.2, -0.15) is 0 Å². The molecule has 0 bridgehead atoms. The van der Waals surface area contributed by atoms with Crippen LogP contribution in [0.1, 0.15) is 32.1 Å². The molecular weight excluding hydrogens is 154 g/mol. The van der Waals surface area contributed by atoms with Crippen LogP contribution < -0.4 is 5.32 Å². The molecule has 3 nitrogen and oxygen atoms in total. The first-order chi connectivity index (χ1) is 5.74. The fourth-order valence-corrected chi connectivity index (χ4v) is 1.92. The molecule has 1 aliphatic carbocycles. The zero-order valence-corrected chi connectivity index (χ0v) is 7.55. The van der Waals surface area contributed by atoms with E-state index in [0.29, 0.717) is 5.92 Å². The van der Waals surface area contributed by atoms with Gasteiger partial charge in [0.2, 0.25) is 0 Å². The lowest BCUT2D eigenvalue weighted by Crippen LogP contribution is -2.35. The Kier molecular flexibility index (Phi) is 3.53. The van der Waals surface area contributed by atoms with Crippen LogP contribution >= 0.6 is 0 Å². The topological polar surface area (TPSA) is 49.3 Å². The van der Waals surface area contributed by atoms with Gasteiger partial charge in [0.25, 0.3) is 0 Å². The van der Waals surface area contributed by atoms with Crippen LogP contribution in [0.2, 0.25) is 0 Å². The lowest BCUT2D eigenvalue weighted by Gasteiger charge is -2.15. The summed E-state index contributed by atoms with van der Waals surface area (Å²) in [6.07, 6.45) is 5.78. The molecule has 0 aliphatic heterocycles. The number of nitrogens with one attached hydrogen (secondary N) is 1. The first-order valence-electron chi connectivity index (χ1n) is 4.64. The molecule has 1 atom stereocenters. The molecule has 0 radical (unpaired) electrons. The lowest BCUT2D eigenvalue weighted by molar-refractivity contribution is -0.139. The van der Waals surface area contributed by atoms with E-state index >= 15 is 0 Å². The molecule has 1 aliphatic rings.